The van der Waals surface area contributed by atoms with E-state index >= 15 is 0 Å². The van der Waals surface area contributed by atoms with Gasteiger partial charge in [-0.2, -0.15) is 0 Å². The van der Waals surface area contributed by atoms with Crippen molar-refractivity contribution in [2.45, 2.75) is 45.2 Å². The van der Waals surface area contributed by atoms with Gasteiger partial charge in [0.05, 0.1) is 0 Å². The van der Waals surface area contributed by atoms with Gasteiger partial charge in [0.25, 0.3) is 0 Å². The average molecular weight is 315 g/mol. The summed E-state index contributed by atoms with van der Waals surface area (Å²) in [6.07, 6.45) is 3.60. The van der Waals surface area contributed by atoms with Gasteiger partial charge in [0.1, 0.15) is 11.5 Å². The van der Waals surface area contributed by atoms with E-state index in [-0.39, 0.29) is 0 Å². The minimum absolute atomic E-state index is 0.920. The fraction of sp³-hybridized carbons (Fsp3) is 0.368. The fourth-order valence-corrected chi connectivity index (χ4v) is 5.30. The quantitative estimate of drug-likeness (QED) is 0.430. The van der Waals surface area contributed by atoms with Crippen molar-refractivity contribution in [3.8, 4) is 11.5 Å². The maximum atomic E-state index is 6.42. The zero-order valence-corrected chi connectivity index (χ0v) is 14.6. The Morgan fingerprint density at radius 3 is 1.64 bits per heavy atom. The van der Waals surface area contributed by atoms with E-state index in [9.17, 15) is 0 Å². The van der Waals surface area contributed by atoms with E-state index in [4.69, 9.17) is 8.85 Å². The lowest BCUT2D eigenvalue weighted by Gasteiger charge is -2.31. The van der Waals surface area contributed by atoms with E-state index in [2.05, 4.69) is 13.8 Å². The third kappa shape index (κ3) is 4.92. The Bertz CT molecular complexity index is 486. The van der Waals surface area contributed by atoms with Crippen molar-refractivity contribution in [2.75, 3.05) is 0 Å². The molecule has 0 atom stereocenters. The molecule has 0 heterocycles. The first kappa shape index (κ1) is 16.6. The highest BCUT2D eigenvalue weighted by atomic mass is 28.4. The highest BCUT2D eigenvalue weighted by Gasteiger charge is 2.39. The molecular formula is C19H26O2Si. The average Bonchev–Trinajstić information content (AvgIpc) is 2.57. The predicted molar refractivity (Wildman–Crippen MR) is 94.7 cm³/mol. The second kappa shape index (κ2) is 8.64. The molecule has 0 aliphatic rings. The van der Waals surface area contributed by atoms with E-state index in [1.165, 1.54) is 12.8 Å². The number of para-hydroxylation sites is 2. The minimum Gasteiger partial charge on any atom is -0.512 e. The van der Waals surface area contributed by atoms with Crippen molar-refractivity contribution < 1.29 is 8.85 Å². The third-order valence-corrected chi connectivity index (χ3v) is 7.20. The molecule has 2 rings (SSSR count). The van der Waals surface area contributed by atoms with Crippen LogP contribution >= 0.6 is 0 Å². The highest BCUT2D eigenvalue weighted by molar-refractivity contribution is 6.68. The van der Waals surface area contributed by atoms with Crippen molar-refractivity contribution in [2.24, 2.45) is 0 Å². The lowest BCUT2D eigenvalue weighted by Crippen LogP contribution is -2.47. The Morgan fingerprint density at radius 2 is 1.23 bits per heavy atom. The molecule has 0 aromatic heterocycles. The fourth-order valence-electron chi connectivity index (χ4n) is 2.49. The summed E-state index contributed by atoms with van der Waals surface area (Å²) in [6, 6.07) is 22.1. The number of rotatable bonds is 9. The van der Waals surface area contributed by atoms with Crippen molar-refractivity contribution in [1.29, 1.82) is 0 Å². The molecule has 22 heavy (non-hydrogen) atoms. The van der Waals surface area contributed by atoms with Crippen LogP contribution in [0.4, 0.5) is 0 Å². The van der Waals surface area contributed by atoms with Crippen LogP contribution in [0, 0.1) is 0 Å². The van der Waals surface area contributed by atoms with Gasteiger partial charge in [-0.05, 0) is 30.7 Å². The van der Waals surface area contributed by atoms with Gasteiger partial charge in [-0.15, -0.1) is 0 Å². The summed E-state index contributed by atoms with van der Waals surface area (Å²) in [5.74, 6) is 1.84. The lowest BCUT2D eigenvalue weighted by molar-refractivity contribution is 0.376. The summed E-state index contributed by atoms with van der Waals surface area (Å²) in [5.41, 5.74) is 0. The molecule has 0 amide bonds. The molecule has 2 aromatic carbocycles. The molecule has 0 spiro atoms. The maximum absolute atomic E-state index is 6.42. The van der Waals surface area contributed by atoms with Gasteiger partial charge in [-0.1, -0.05) is 63.1 Å². The zero-order valence-electron chi connectivity index (χ0n) is 13.6. The minimum atomic E-state index is -2.29. The molecule has 0 N–H and O–H groups in total. The molecule has 0 fully saturated rings. The molecule has 2 aromatic rings. The van der Waals surface area contributed by atoms with Gasteiger partial charge >= 0.3 is 8.56 Å². The van der Waals surface area contributed by atoms with E-state index < -0.39 is 8.56 Å². The number of hydrogen-bond acceptors (Lipinski definition) is 2. The summed E-state index contributed by atoms with van der Waals surface area (Å²) in [5, 5.41) is 0. The molecule has 0 saturated carbocycles. The SMILES string of the molecule is CCCCC[Si](CC)(Oc1ccccc1)Oc1ccccc1. The zero-order chi connectivity index (χ0) is 15.7. The molecular weight excluding hydrogens is 288 g/mol. The van der Waals surface area contributed by atoms with Crippen LogP contribution in [0.25, 0.3) is 0 Å². The maximum Gasteiger partial charge on any atom is 0.460 e. The van der Waals surface area contributed by atoms with Crippen molar-refractivity contribution in [3.05, 3.63) is 60.7 Å². The predicted octanol–water partition coefficient (Wildman–Crippen LogP) is 5.80. The van der Waals surface area contributed by atoms with Crippen LogP contribution < -0.4 is 8.85 Å². The first-order valence-corrected chi connectivity index (χ1v) is 10.5. The molecule has 0 aliphatic heterocycles. The second-order valence-electron chi connectivity index (χ2n) is 5.55. The van der Waals surface area contributed by atoms with E-state index in [0.29, 0.717) is 0 Å². The smallest absolute Gasteiger partial charge is 0.460 e. The Balaban J connectivity index is 2.17. The topological polar surface area (TPSA) is 18.5 Å². The first-order chi connectivity index (χ1) is 10.8. The van der Waals surface area contributed by atoms with E-state index in [1.807, 2.05) is 60.7 Å². The monoisotopic (exact) mass is 314 g/mol. The first-order valence-electron chi connectivity index (χ1n) is 8.26. The van der Waals surface area contributed by atoms with Crippen LogP contribution in [0.15, 0.2) is 60.7 Å². The summed E-state index contributed by atoms with van der Waals surface area (Å²) in [6.45, 7) is 4.41. The summed E-state index contributed by atoms with van der Waals surface area (Å²) in [7, 11) is -2.29. The number of hydrogen-bond donors (Lipinski definition) is 0. The highest BCUT2D eigenvalue weighted by Crippen LogP contribution is 2.27. The third-order valence-electron chi connectivity index (χ3n) is 3.79. The molecule has 118 valence electrons. The summed E-state index contributed by atoms with van der Waals surface area (Å²) >= 11 is 0. The van der Waals surface area contributed by atoms with E-state index in [0.717, 1.165) is 30.0 Å². The Morgan fingerprint density at radius 1 is 0.727 bits per heavy atom. The van der Waals surface area contributed by atoms with Gasteiger partial charge in [0.2, 0.25) is 0 Å². The van der Waals surface area contributed by atoms with Gasteiger partial charge in [0, 0.05) is 12.1 Å². The van der Waals surface area contributed by atoms with Crippen LogP contribution in [0.1, 0.15) is 33.1 Å². The van der Waals surface area contributed by atoms with Crippen molar-refractivity contribution in [1.82, 2.24) is 0 Å². The molecule has 0 radical (unpaired) electrons. The van der Waals surface area contributed by atoms with Gasteiger partial charge in [0.15, 0.2) is 0 Å². The summed E-state index contributed by atoms with van der Waals surface area (Å²) in [4.78, 5) is 0. The largest absolute Gasteiger partial charge is 0.512 e. The summed E-state index contributed by atoms with van der Waals surface area (Å²) < 4.78 is 12.8. The second-order valence-corrected chi connectivity index (χ2v) is 8.99. The van der Waals surface area contributed by atoms with Crippen LogP contribution in [0.3, 0.4) is 0 Å². The Labute approximate surface area is 135 Å². The number of unbranched alkanes of at least 4 members (excludes halogenated alkanes) is 2. The normalized spacial score (nSPS) is 11.2. The number of benzene rings is 2. The lowest BCUT2D eigenvalue weighted by atomic mass is 10.3. The van der Waals surface area contributed by atoms with Crippen molar-refractivity contribution >= 4 is 8.56 Å². The molecule has 2 nitrogen and oxygen atoms in total. The Kier molecular flexibility index (Phi) is 6.53. The van der Waals surface area contributed by atoms with Gasteiger partial charge < -0.3 is 8.85 Å². The van der Waals surface area contributed by atoms with E-state index in [1.54, 1.807) is 0 Å². The Hall–Kier alpha value is -1.74. The molecule has 0 aliphatic carbocycles. The molecule has 3 heteroatoms. The van der Waals surface area contributed by atoms with Gasteiger partial charge in [-0.25, -0.2) is 0 Å². The van der Waals surface area contributed by atoms with Crippen LogP contribution in [-0.2, 0) is 0 Å². The van der Waals surface area contributed by atoms with Crippen LogP contribution in [0.5, 0.6) is 11.5 Å². The molecule has 0 saturated heterocycles. The standard InChI is InChI=1S/C19H26O2Si/c1-3-5-12-17-22(4-2,20-18-13-8-6-9-14-18)21-19-15-10-7-11-16-19/h6-11,13-16H,3-5,12,17H2,1-2H3. The molecule has 0 bridgehead atoms. The van der Waals surface area contributed by atoms with Crippen LogP contribution in [-0.4, -0.2) is 8.56 Å². The van der Waals surface area contributed by atoms with Crippen LogP contribution in [0.2, 0.25) is 12.1 Å². The van der Waals surface area contributed by atoms with Crippen molar-refractivity contribution in [3.63, 3.8) is 0 Å². The van der Waals surface area contributed by atoms with Gasteiger partial charge in [-0.3, -0.25) is 0 Å². The molecule has 0 unspecified atom stereocenters.